The van der Waals surface area contributed by atoms with Crippen LogP contribution in [0.4, 0.5) is 4.79 Å². The lowest BCUT2D eigenvalue weighted by Crippen LogP contribution is -2.27. The Kier molecular flexibility index (Phi) is 6.23. The van der Waals surface area contributed by atoms with Crippen LogP contribution in [0.15, 0.2) is 39.7 Å². The van der Waals surface area contributed by atoms with Gasteiger partial charge in [-0.2, -0.15) is 0 Å². The zero-order valence-electron chi connectivity index (χ0n) is 12.8. The van der Waals surface area contributed by atoms with Gasteiger partial charge in [0.1, 0.15) is 5.75 Å². The third-order valence-electron chi connectivity index (χ3n) is 3.60. The molecule has 0 bridgehead atoms. The summed E-state index contributed by atoms with van der Waals surface area (Å²) in [6.07, 6.45) is 1.50. The second-order valence-electron chi connectivity index (χ2n) is 5.29. The van der Waals surface area contributed by atoms with Crippen molar-refractivity contribution < 1.29 is 14.7 Å². The molecule has 9 heteroatoms. The van der Waals surface area contributed by atoms with Crippen LogP contribution in [0.2, 0.25) is 10.0 Å². The van der Waals surface area contributed by atoms with Crippen molar-refractivity contribution in [1.82, 2.24) is 4.90 Å². The molecule has 0 aromatic heterocycles. The molecule has 0 radical (unpaired) electrons. The standard InChI is InChI=1S/C17H9BrCl2INO3S/c18-9-4-8(15(23)13(21)6-9)5-14-16(24)22(17(25)26-14)7-10-11(19)2-1-3-12(10)20/h1-6,23H,7H2/b14-5-. The Hall–Kier alpha value is -0.740. The summed E-state index contributed by atoms with van der Waals surface area (Å²) >= 11 is 18.4. The normalized spacial score (nSPS) is 16.0. The van der Waals surface area contributed by atoms with Gasteiger partial charge in [-0.1, -0.05) is 45.2 Å². The summed E-state index contributed by atoms with van der Waals surface area (Å²) in [6.45, 7) is -0.0114. The highest BCUT2D eigenvalue weighted by Gasteiger charge is 2.36. The van der Waals surface area contributed by atoms with Crippen LogP contribution in [-0.4, -0.2) is 21.2 Å². The average Bonchev–Trinajstić information content (AvgIpc) is 2.82. The number of carbonyl (C=O) groups excluding carboxylic acids is 2. The van der Waals surface area contributed by atoms with Crippen molar-refractivity contribution in [2.75, 3.05) is 0 Å². The highest BCUT2D eigenvalue weighted by molar-refractivity contribution is 14.1. The first-order chi connectivity index (χ1) is 12.3. The molecule has 2 aromatic carbocycles. The molecule has 3 rings (SSSR count). The van der Waals surface area contributed by atoms with Crippen molar-refractivity contribution in [3.63, 3.8) is 0 Å². The molecule has 2 amide bonds. The van der Waals surface area contributed by atoms with E-state index in [0.29, 0.717) is 24.7 Å². The van der Waals surface area contributed by atoms with Gasteiger partial charge in [-0.05, 0) is 64.7 Å². The van der Waals surface area contributed by atoms with Crippen LogP contribution in [0.25, 0.3) is 6.08 Å². The van der Waals surface area contributed by atoms with Crippen LogP contribution in [0, 0.1) is 3.57 Å². The Balaban J connectivity index is 1.92. The molecule has 0 aliphatic carbocycles. The number of aromatic hydroxyl groups is 1. The van der Waals surface area contributed by atoms with E-state index in [-0.39, 0.29) is 17.2 Å². The van der Waals surface area contributed by atoms with Crippen molar-refractivity contribution in [2.24, 2.45) is 0 Å². The van der Waals surface area contributed by atoms with E-state index in [4.69, 9.17) is 23.2 Å². The fourth-order valence-electron chi connectivity index (χ4n) is 2.31. The maximum Gasteiger partial charge on any atom is 0.293 e. The highest BCUT2D eigenvalue weighted by Crippen LogP contribution is 2.38. The fraction of sp³-hybridized carbons (Fsp3) is 0.0588. The topological polar surface area (TPSA) is 57.6 Å². The molecule has 1 N–H and O–H groups in total. The second kappa shape index (κ2) is 8.10. The molecule has 1 fully saturated rings. The summed E-state index contributed by atoms with van der Waals surface area (Å²) in [6, 6.07) is 8.42. The maximum atomic E-state index is 12.7. The molecule has 4 nitrogen and oxygen atoms in total. The summed E-state index contributed by atoms with van der Waals surface area (Å²) in [4.78, 5) is 26.3. The number of thioether (sulfide) groups is 1. The minimum absolute atomic E-state index is 0.0114. The van der Waals surface area contributed by atoms with Gasteiger partial charge < -0.3 is 5.11 Å². The van der Waals surface area contributed by atoms with Gasteiger partial charge in [0.25, 0.3) is 11.1 Å². The number of hydrogen-bond acceptors (Lipinski definition) is 4. The lowest BCUT2D eigenvalue weighted by atomic mass is 10.1. The van der Waals surface area contributed by atoms with E-state index in [1.54, 1.807) is 30.3 Å². The van der Waals surface area contributed by atoms with E-state index in [2.05, 4.69) is 15.9 Å². The third-order valence-corrected chi connectivity index (χ3v) is 6.49. The predicted octanol–water partition coefficient (Wildman–Crippen LogP) is 6.30. The third kappa shape index (κ3) is 4.06. The number of phenols is 1. The van der Waals surface area contributed by atoms with Gasteiger partial charge >= 0.3 is 0 Å². The van der Waals surface area contributed by atoms with Crippen LogP contribution in [-0.2, 0) is 11.3 Å². The number of phenolic OH excluding ortho intramolecular Hbond substituents is 1. The molecule has 1 saturated heterocycles. The molecule has 0 spiro atoms. The quantitative estimate of drug-likeness (QED) is 0.340. The number of rotatable bonds is 3. The Labute approximate surface area is 185 Å². The lowest BCUT2D eigenvalue weighted by Gasteiger charge is -2.14. The van der Waals surface area contributed by atoms with Crippen molar-refractivity contribution in [2.45, 2.75) is 6.54 Å². The minimum Gasteiger partial charge on any atom is -0.506 e. The van der Waals surface area contributed by atoms with Gasteiger partial charge in [0, 0.05) is 25.6 Å². The zero-order chi connectivity index (χ0) is 19.0. The van der Waals surface area contributed by atoms with Crippen molar-refractivity contribution in [3.8, 4) is 5.75 Å². The molecular weight excluding hydrogens is 576 g/mol. The van der Waals surface area contributed by atoms with Crippen LogP contribution in [0.3, 0.4) is 0 Å². The second-order valence-corrected chi connectivity index (χ2v) is 9.18. The Bertz CT molecular complexity index is 947. The van der Waals surface area contributed by atoms with Crippen molar-refractivity contribution in [3.05, 3.63) is 64.5 Å². The van der Waals surface area contributed by atoms with Gasteiger partial charge in [-0.3, -0.25) is 14.5 Å². The maximum absolute atomic E-state index is 12.7. The van der Waals surface area contributed by atoms with Crippen LogP contribution >= 0.6 is 73.5 Å². The summed E-state index contributed by atoms with van der Waals surface area (Å²) in [7, 11) is 0. The first kappa shape index (κ1) is 20.0. The van der Waals surface area contributed by atoms with Gasteiger partial charge in [0.05, 0.1) is 15.0 Å². The summed E-state index contributed by atoms with van der Waals surface area (Å²) < 4.78 is 1.39. The molecular formula is C17H9BrCl2INO3S. The number of imide groups is 1. The molecule has 1 aliphatic heterocycles. The van der Waals surface area contributed by atoms with E-state index in [9.17, 15) is 14.7 Å². The molecule has 0 unspecified atom stereocenters. The van der Waals surface area contributed by atoms with Gasteiger partial charge in [0.15, 0.2) is 0 Å². The number of carbonyl (C=O) groups is 2. The van der Waals surface area contributed by atoms with Gasteiger partial charge in [0.2, 0.25) is 0 Å². The van der Waals surface area contributed by atoms with Gasteiger partial charge in [-0.25, -0.2) is 0 Å². The summed E-state index contributed by atoms with van der Waals surface area (Å²) in [5.41, 5.74) is 0.962. The average molecular weight is 585 g/mol. The largest absolute Gasteiger partial charge is 0.506 e. The molecule has 0 saturated carbocycles. The predicted molar refractivity (Wildman–Crippen MR) is 116 cm³/mol. The van der Waals surface area contributed by atoms with Crippen LogP contribution in [0.5, 0.6) is 5.75 Å². The smallest absolute Gasteiger partial charge is 0.293 e. The number of hydrogen-bond donors (Lipinski definition) is 1. The summed E-state index contributed by atoms with van der Waals surface area (Å²) in [5, 5.41) is 10.5. The van der Waals surface area contributed by atoms with E-state index in [1.165, 1.54) is 6.08 Å². The Morgan fingerprint density at radius 1 is 1.23 bits per heavy atom. The minimum atomic E-state index is -0.453. The van der Waals surface area contributed by atoms with E-state index < -0.39 is 11.1 Å². The SMILES string of the molecule is O=C1S/C(=C\c2cc(Br)cc(I)c2O)C(=O)N1Cc1c(Cl)cccc1Cl. The molecule has 2 aromatic rings. The van der Waals surface area contributed by atoms with E-state index in [1.807, 2.05) is 22.6 Å². The molecule has 1 heterocycles. The molecule has 0 atom stereocenters. The van der Waals surface area contributed by atoms with E-state index >= 15 is 0 Å². The zero-order valence-corrected chi connectivity index (χ0v) is 18.9. The van der Waals surface area contributed by atoms with E-state index in [0.717, 1.165) is 21.1 Å². The fourth-order valence-corrected chi connectivity index (χ4v) is 5.21. The van der Waals surface area contributed by atoms with Crippen molar-refractivity contribution >= 4 is 90.7 Å². The Morgan fingerprint density at radius 2 is 1.88 bits per heavy atom. The highest BCUT2D eigenvalue weighted by atomic mass is 127. The number of nitrogens with zero attached hydrogens (tertiary/aromatic N) is 1. The van der Waals surface area contributed by atoms with Crippen LogP contribution in [0.1, 0.15) is 11.1 Å². The number of amides is 2. The number of benzene rings is 2. The van der Waals surface area contributed by atoms with Crippen molar-refractivity contribution in [1.29, 1.82) is 0 Å². The lowest BCUT2D eigenvalue weighted by molar-refractivity contribution is -0.123. The monoisotopic (exact) mass is 583 g/mol. The summed E-state index contributed by atoms with van der Waals surface area (Å²) in [5.74, 6) is -0.403. The first-order valence-electron chi connectivity index (χ1n) is 7.14. The molecule has 1 aliphatic rings. The first-order valence-corrected chi connectivity index (χ1v) is 10.6. The molecule has 26 heavy (non-hydrogen) atoms. The van der Waals surface area contributed by atoms with Crippen LogP contribution < -0.4 is 0 Å². The Morgan fingerprint density at radius 3 is 2.54 bits per heavy atom. The molecule has 134 valence electrons. The van der Waals surface area contributed by atoms with Gasteiger partial charge in [-0.15, -0.1) is 0 Å². The number of halogens is 4.